The van der Waals surface area contributed by atoms with Crippen LogP contribution in [0.1, 0.15) is 29.6 Å². The van der Waals surface area contributed by atoms with Crippen molar-refractivity contribution < 1.29 is 9.59 Å². The molecule has 0 saturated carbocycles. The van der Waals surface area contributed by atoms with E-state index in [0.717, 1.165) is 68.4 Å². The SMILES string of the molecule is CC(=O)N1CCN(c2nc3c(s2)C[C@@H](C(=O)NCCc2ccccn2)CC3)CC1. The molecule has 0 bridgehead atoms. The molecule has 1 atom stereocenters. The predicted octanol–water partition coefficient (Wildman–Crippen LogP) is 1.67. The molecule has 0 radical (unpaired) electrons. The van der Waals surface area contributed by atoms with Gasteiger partial charge in [-0.15, -0.1) is 11.3 Å². The largest absolute Gasteiger partial charge is 0.355 e. The maximum absolute atomic E-state index is 12.6. The predicted molar refractivity (Wildman–Crippen MR) is 113 cm³/mol. The van der Waals surface area contributed by atoms with E-state index in [1.807, 2.05) is 23.1 Å². The molecule has 1 aliphatic heterocycles. The molecule has 0 spiro atoms. The molecule has 2 aromatic heterocycles. The molecular weight excluding hydrogens is 386 g/mol. The number of anilines is 1. The number of nitrogens with zero attached hydrogens (tertiary/aromatic N) is 4. The van der Waals surface area contributed by atoms with Gasteiger partial charge in [-0.25, -0.2) is 4.98 Å². The first-order valence-corrected chi connectivity index (χ1v) is 11.1. The Bertz CT molecular complexity index is 861. The topological polar surface area (TPSA) is 78.4 Å². The second kappa shape index (κ2) is 8.90. The number of thiazole rings is 1. The molecule has 0 aromatic carbocycles. The summed E-state index contributed by atoms with van der Waals surface area (Å²) < 4.78 is 0. The number of fused-ring (bicyclic) bond motifs is 1. The van der Waals surface area contributed by atoms with Crippen LogP contribution in [0.2, 0.25) is 0 Å². The summed E-state index contributed by atoms with van der Waals surface area (Å²) in [5.41, 5.74) is 2.15. The molecule has 1 fully saturated rings. The lowest BCUT2D eigenvalue weighted by Crippen LogP contribution is -2.48. The number of piperazine rings is 1. The van der Waals surface area contributed by atoms with Crippen LogP contribution in [0.3, 0.4) is 0 Å². The van der Waals surface area contributed by atoms with E-state index in [-0.39, 0.29) is 17.7 Å². The fraction of sp³-hybridized carbons (Fsp3) is 0.524. The molecule has 1 N–H and O–H groups in total. The first-order chi connectivity index (χ1) is 14.1. The smallest absolute Gasteiger partial charge is 0.223 e. The van der Waals surface area contributed by atoms with E-state index in [9.17, 15) is 9.59 Å². The molecule has 154 valence electrons. The highest BCUT2D eigenvalue weighted by Gasteiger charge is 2.29. The first kappa shape index (κ1) is 19.8. The van der Waals surface area contributed by atoms with Crippen molar-refractivity contribution in [1.82, 2.24) is 20.2 Å². The summed E-state index contributed by atoms with van der Waals surface area (Å²) in [5.74, 6) is 0.297. The Hall–Kier alpha value is -2.48. The van der Waals surface area contributed by atoms with Crippen LogP contribution in [-0.4, -0.2) is 59.4 Å². The monoisotopic (exact) mass is 413 g/mol. The van der Waals surface area contributed by atoms with Gasteiger partial charge in [-0.05, 0) is 31.4 Å². The lowest BCUT2D eigenvalue weighted by molar-refractivity contribution is -0.129. The number of hydrogen-bond donors (Lipinski definition) is 1. The number of aryl methyl sites for hydroxylation is 1. The van der Waals surface area contributed by atoms with Crippen LogP contribution in [-0.2, 0) is 28.9 Å². The Kier molecular flexibility index (Phi) is 6.08. The first-order valence-electron chi connectivity index (χ1n) is 10.3. The zero-order valence-corrected chi connectivity index (χ0v) is 17.6. The molecule has 8 heteroatoms. The van der Waals surface area contributed by atoms with Crippen LogP contribution in [0.25, 0.3) is 0 Å². The van der Waals surface area contributed by atoms with Crippen molar-refractivity contribution in [3.63, 3.8) is 0 Å². The fourth-order valence-electron chi connectivity index (χ4n) is 3.94. The van der Waals surface area contributed by atoms with E-state index in [2.05, 4.69) is 15.2 Å². The Balaban J connectivity index is 1.29. The fourth-order valence-corrected chi connectivity index (χ4v) is 5.18. The molecule has 29 heavy (non-hydrogen) atoms. The van der Waals surface area contributed by atoms with Crippen molar-refractivity contribution in [2.24, 2.45) is 5.92 Å². The van der Waals surface area contributed by atoms with Gasteiger partial charge in [0, 0.05) is 68.8 Å². The van der Waals surface area contributed by atoms with Crippen molar-refractivity contribution in [2.45, 2.75) is 32.6 Å². The molecule has 0 unspecified atom stereocenters. The van der Waals surface area contributed by atoms with Gasteiger partial charge in [-0.3, -0.25) is 14.6 Å². The van der Waals surface area contributed by atoms with E-state index < -0.39 is 0 Å². The van der Waals surface area contributed by atoms with Crippen LogP contribution in [0.4, 0.5) is 5.13 Å². The maximum Gasteiger partial charge on any atom is 0.223 e. The quantitative estimate of drug-likeness (QED) is 0.807. The van der Waals surface area contributed by atoms with E-state index in [4.69, 9.17) is 4.98 Å². The molecule has 2 amide bonds. The Morgan fingerprint density at radius 2 is 2.07 bits per heavy atom. The van der Waals surface area contributed by atoms with Crippen molar-refractivity contribution in [3.8, 4) is 0 Å². The van der Waals surface area contributed by atoms with E-state index in [1.54, 1.807) is 24.5 Å². The van der Waals surface area contributed by atoms with Crippen molar-refractivity contribution >= 4 is 28.3 Å². The van der Waals surface area contributed by atoms with E-state index in [0.29, 0.717) is 6.54 Å². The Labute approximate surface area is 175 Å². The minimum atomic E-state index is 0.0223. The number of carbonyl (C=O) groups is 2. The zero-order valence-electron chi connectivity index (χ0n) is 16.8. The molecule has 1 aliphatic carbocycles. The summed E-state index contributed by atoms with van der Waals surface area (Å²) in [5, 5.41) is 4.11. The minimum Gasteiger partial charge on any atom is -0.355 e. The molecule has 4 rings (SSSR count). The molecule has 3 heterocycles. The number of amides is 2. The van der Waals surface area contributed by atoms with Gasteiger partial charge in [0.05, 0.1) is 5.69 Å². The number of hydrogen-bond acceptors (Lipinski definition) is 6. The van der Waals surface area contributed by atoms with Crippen molar-refractivity contribution in [3.05, 3.63) is 40.7 Å². The van der Waals surface area contributed by atoms with Crippen LogP contribution in [0.15, 0.2) is 24.4 Å². The van der Waals surface area contributed by atoms with Crippen molar-refractivity contribution in [1.29, 1.82) is 0 Å². The third-order valence-corrected chi connectivity index (χ3v) is 6.88. The lowest BCUT2D eigenvalue weighted by atomic mass is 9.90. The summed E-state index contributed by atoms with van der Waals surface area (Å²) in [6.07, 6.45) is 5.01. The number of nitrogens with one attached hydrogen (secondary N) is 1. The average molecular weight is 414 g/mol. The third kappa shape index (κ3) is 4.75. The van der Waals surface area contributed by atoms with Gasteiger partial charge in [-0.1, -0.05) is 6.07 Å². The molecular formula is C21H27N5O2S. The summed E-state index contributed by atoms with van der Waals surface area (Å²) in [6, 6.07) is 5.84. The average Bonchev–Trinajstić information content (AvgIpc) is 3.18. The number of carbonyl (C=O) groups excluding carboxylic acids is 2. The van der Waals surface area contributed by atoms with Crippen LogP contribution in [0.5, 0.6) is 0 Å². The highest BCUT2D eigenvalue weighted by atomic mass is 32.1. The number of pyridine rings is 1. The summed E-state index contributed by atoms with van der Waals surface area (Å²) in [7, 11) is 0. The molecule has 2 aliphatic rings. The van der Waals surface area contributed by atoms with Crippen LogP contribution in [0, 0.1) is 5.92 Å². The van der Waals surface area contributed by atoms with Crippen molar-refractivity contribution in [2.75, 3.05) is 37.6 Å². The highest BCUT2D eigenvalue weighted by Crippen LogP contribution is 2.34. The molecule has 1 saturated heterocycles. The Morgan fingerprint density at radius 1 is 1.24 bits per heavy atom. The van der Waals surface area contributed by atoms with Gasteiger partial charge in [0.25, 0.3) is 0 Å². The standard InChI is InChI=1S/C21H27N5O2S/c1-15(27)25-10-12-26(13-11-25)21-24-18-6-5-16(14-19(18)29-21)20(28)23-9-7-17-4-2-3-8-22-17/h2-4,8,16H,5-7,9-14H2,1H3,(H,23,28)/t16-/m0/s1. The van der Waals surface area contributed by atoms with Gasteiger partial charge in [0.15, 0.2) is 5.13 Å². The summed E-state index contributed by atoms with van der Waals surface area (Å²) >= 11 is 1.71. The second-order valence-electron chi connectivity index (χ2n) is 7.66. The summed E-state index contributed by atoms with van der Waals surface area (Å²) in [4.78, 5) is 38.7. The number of rotatable bonds is 5. The van der Waals surface area contributed by atoms with Crippen LogP contribution < -0.4 is 10.2 Å². The second-order valence-corrected chi connectivity index (χ2v) is 8.72. The van der Waals surface area contributed by atoms with Gasteiger partial charge in [0.1, 0.15) is 0 Å². The van der Waals surface area contributed by atoms with Gasteiger partial charge >= 0.3 is 0 Å². The summed E-state index contributed by atoms with van der Waals surface area (Å²) in [6.45, 7) is 5.39. The maximum atomic E-state index is 12.6. The van der Waals surface area contributed by atoms with Gasteiger partial charge in [-0.2, -0.15) is 0 Å². The normalized spacial score (nSPS) is 19.0. The van der Waals surface area contributed by atoms with Crippen LogP contribution >= 0.6 is 11.3 Å². The number of aromatic nitrogens is 2. The molecule has 7 nitrogen and oxygen atoms in total. The third-order valence-electron chi connectivity index (χ3n) is 5.70. The minimum absolute atomic E-state index is 0.0223. The highest BCUT2D eigenvalue weighted by molar-refractivity contribution is 7.15. The van der Waals surface area contributed by atoms with E-state index >= 15 is 0 Å². The molecule has 2 aromatic rings. The van der Waals surface area contributed by atoms with E-state index in [1.165, 1.54) is 4.88 Å². The Morgan fingerprint density at radius 3 is 2.79 bits per heavy atom. The lowest BCUT2D eigenvalue weighted by Gasteiger charge is -2.33. The van der Waals surface area contributed by atoms with Gasteiger partial charge in [0.2, 0.25) is 11.8 Å². The zero-order chi connectivity index (χ0) is 20.2. The van der Waals surface area contributed by atoms with Gasteiger partial charge < -0.3 is 15.1 Å².